The van der Waals surface area contributed by atoms with Crippen LogP contribution < -0.4 is 4.90 Å². The predicted molar refractivity (Wildman–Crippen MR) is 228 cm³/mol. The van der Waals surface area contributed by atoms with Crippen molar-refractivity contribution in [3.63, 3.8) is 0 Å². The molecule has 0 bridgehead atoms. The summed E-state index contributed by atoms with van der Waals surface area (Å²) in [5.41, 5.74) is 13.9. The zero-order valence-electron chi connectivity index (χ0n) is 31.1. The van der Waals surface area contributed by atoms with Crippen LogP contribution in [0, 0.1) is 0 Å². The Bertz CT molecular complexity index is 3180. The molecule has 4 heterocycles. The van der Waals surface area contributed by atoms with Crippen LogP contribution in [0.25, 0.3) is 76.2 Å². The molecule has 4 aromatic heterocycles. The van der Waals surface area contributed by atoms with E-state index in [-0.39, 0.29) is 10.8 Å². The van der Waals surface area contributed by atoms with Gasteiger partial charge < -0.3 is 13.7 Å². The van der Waals surface area contributed by atoms with Crippen LogP contribution in [0.5, 0.6) is 0 Å². The van der Waals surface area contributed by atoms with Crippen LogP contribution in [0.4, 0.5) is 17.1 Å². The lowest BCUT2D eigenvalue weighted by Gasteiger charge is -2.26. The Hall–Kier alpha value is -6.06. The van der Waals surface area contributed by atoms with Gasteiger partial charge in [0.05, 0.1) is 38.8 Å². The molecule has 3 heteroatoms. The highest BCUT2D eigenvalue weighted by atomic mass is 15.1. The maximum Gasteiger partial charge on any atom is 0.0641 e. The zero-order chi connectivity index (χ0) is 36.0. The maximum atomic E-state index is 2.57. The molecule has 11 rings (SSSR count). The summed E-state index contributed by atoms with van der Waals surface area (Å²) in [6.45, 7) is 13.9. The molecule has 0 N–H and O–H groups in total. The van der Waals surface area contributed by atoms with Crippen LogP contribution in [0.1, 0.15) is 52.7 Å². The van der Waals surface area contributed by atoms with Crippen LogP contribution >= 0.6 is 0 Å². The highest BCUT2D eigenvalue weighted by Crippen LogP contribution is 2.52. The fourth-order valence-corrected chi connectivity index (χ4v) is 9.29. The zero-order valence-corrected chi connectivity index (χ0v) is 31.1. The molecule has 0 atom stereocenters. The monoisotopic (exact) mass is 683 g/mol. The Kier molecular flexibility index (Phi) is 5.93. The number of hydrogen-bond donors (Lipinski definition) is 0. The Morgan fingerprint density at radius 3 is 1.55 bits per heavy atom. The first-order chi connectivity index (χ1) is 25.6. The fourth-order valence-electron chi connectivity index (χ4n) is 9.29. The molecule has 0 fully saturated rings. The summed E-state index contributed by atoms with van der Waals surface area (Å²) in [5.74, 6) is 0. The lowest BCUT2D eigenvalue weighted by atomic mass is 9.85. The molecule has 0 spiro atoms. The van der Waals surface area contributed by atoms with Gasteiger partial charge >= 0.3 is 0 Å². The SMILES string of the molecule is CC(C)(C)c1ccc2c(c1)c1cc3c(c4ccc(N(c5ccccc5)c5ccccc5)c5c6ccccc6n3c45)c3c4cc(C(C)(C)C)ccc4n2c13. The van der Waals surface area contributed by atoms with E-state index < -0.39 is 0 Å². The van der Waals surface area contributed by atoms with Crippen LogP contribution in [-0.4, -0.2) is 8.80 Å². The standard InChI is InChI=1S/C50H41N3/c1-49(2,3)30-21-24-40-36(27-30)37-29-43-44(46-38-28-31(50(4,5)6)22-25-41(38)52(40)48(37)46)35-23-26-42(45-34-19-13-14-20-39(34)53(43)47(35)45)51(32-15-9-7-10-16-32)33-17-11-8-12-18-33/h7-29H,1-6H3. The molecular weight excluding hydrogens is 643 g/mol. The van der Waals surface area contributed by atoms with Gasteiger partial charge in [0.25, 0.3) is 0 Å². The lowest BCUT2D eigenvalue weighted by Crippen LogP contribution is -2.10. The summed E-state index contributed by atoms with van der Waals surface area (Å²) in [6, 6.07) is 52.2. The molecule has 3 nitrogen and oxygen atoms in total. The van der Waals surface area contributed by atoms with E-state index in [1.54, 1.807) is 0 Å². The highest BCUT2D eigenvalue weighted by Gasteiger charge is 2.29. The molecule has 0 aliphatic carbocycles. The fraction of sp³-hybridized carbons (Fsp3) is 0.160. The highest BCUT2D eigenvalue weighted by molar-refractivity contribution is 6.39. The first-order valence-corrected chi connectivity index (χ1v) is 18.9. The number of hydrogen-bond acceptors (Lipinski definition) is 1. The van der Waals surface area contributed by atoms with Crippen molar-refractivity contribution in [1.82, 2.24) is 8.80 Å². The number of aromatic nitrogens is 2. The minimum Gasteiger partial charge on any atom is -0.310 e. The normalized spacial score (nSPS) is 13.1. The van der Waals surface area contributed by atoms with E-state index >= 15 is 0 Å². The summed E-state index contributed by atoms with van der Waals surface area (Å²) in [6.07, 6.45) is 0. The van der Waals surface area contributed by atoms with E-state index in [2.05, 4.69) is 195 Å². The third kappa shape index (κ3) is 4.05. The van der Waals surface area contributed by atoms with Crippen molar-refractivity contribution in [3.8, 4) is 0 Å². The number of nitrogens with zero attached hydrogens (tertiary/aromatic N) is 3. The van der Waals surface area contributed by atoms with Crippen LogP contribution in [0.2, 0.25) is 0 Å². The maximum absolute atomic E-state index is 2.57. The second kappa shape index (κ2) is 10.3. The van der Waals surface area contributed by atoms with Gasteiger partial charge in [-0.25, -0.2) is 0 Å². The van der Waals surface area contributed by atoms with Gasteiger partial charge in [0.2, 0.25) is 0 Å². The lowest BCUT2D eigenvalue weighted by molar-refractivity contribution is 0.591. The average Bonchev–Trinajstić information content (AvgIpc) is 3.88. The molecule has 11 aromatic rings. The molecule has 0 aliphatic rings. The first kappa shape index (κ1) is 30.6. The van der Waals surface area contributed by atoms with Crippen molar-refractivity contribution in [3.05, 3.63) is 151 Å². The topological polar surface area (TPSA) is 12.1 Å². The van der Waals surface area contributed by atoms with Crippen molar-refractivity contribution >= 4 is 93.3 Å². The summed E-state index contributed by atoms with van der Waals surface area (Å²) in [4.78, 5) is 2.43. The number of anilines is 3. The van der Waals surface area contributed by atoms with Crippen LogP contribution in [0.3, 0.4) is 0 Å². The quantitative estimate of drug-likeness (QED) is 0.180. The molecule has 0 radical (unpaired) electrons. The van der Waals surface area contributed by atoms with Crippen molar-refractivity contribution in [1.29, 1.82) is 0 Å². The molecule has 0 amide bonds. The predicted octanol–water partition coefficient (Wildman–Crippen LogP) is 14.1. The van der Waals surface area contributed by atoms with Gasteiger partial charge in [-0.05, 0) is 88.7 Å². The summed E-state index contributed by atoms with van der Waals surface area (Å²) in [7, 11) is 0. The minimum absolute atomic E-state index is 0.0295. The second-order valence-corrected chi connectivity index (χ2v) is 17.1. The summed E-state index contributed by atoms with van der Waals surface area (Å²) in [5, 5.41) is 10.5. The van der Waals surface area contributed by atoms with Gasteiger partial charge in [-0.3, -0.25) is 0 Å². The van der Waals surface area contributed by atoms with E-state index in [4.69, 9.17) is 0 Å². The Morgan fingerprint density at radius 1 is 0.377 bits per heavy atom. The van der Waals surface area contributed by atoms with Gasteiger partial charge in [0, 0.05) is 54.5 Å². The summed E-state index contributed by atoms with van der Waals surface area (Å²) < 4.78 is 5.13. The molecule has 0 saturated heterocycles. The van der Waals surface area contributed by atoms with Gasteiger partial charge in [0.1, 0.15) is 0 Å². The smallest absolute Gasteiger partial charge is 0.0641 e. The van der Waals surface area contributed by atoms with E-state index in [9.17, 15) is 0 Å². The average molecular weight is 684 g/mol. The number of rotatable bonds is 3. The van der Waals surface area contributed by atoms with E-state index in [0.29, 0.717) is 0 Å². The van der Waals surface area contributed by atoms with Crippen molar-refractivity contribution in [2.24, 2.45) is 0 Å². The van der Waals surface area contributed by atoms with E-state index in [1.807, 2.05) is 0 Å². The molecule has 7 aromatic carbocycles. The molecular formula is C50H41N3. The largest absolute Gasteiger partial charge is 0.310 e. The van der Waals surface area contributed by atoms with Crippen molar-refractivity contribution in [2.75, 3.05) is 4.90 Å². The molecule has 53 heavy (non-hydrogen) atoms. The van der Waals surface area contributed by atoms with Gasteiger partial charge in [-0.15, -0.1) is 0 Å². The molecule has 0 unspecified atom stereocenters. The van der Waals surface area contributed by atoms with E-state index in [0.717, 1.165) is 11.4 Å². The first-order valence-electron chi connectivity index (χ1n) is 18.9. The molecule has 0 saturated carbocycles. The van der Waals surface area contributed by atoms with Crippen molar-refractivity contribution < 1.29 is 0 Å². The number of para-hydroxylation sites is 3. The third-order valence-electron chi connectivity index (χ3n) is 11.8. The van der Waals surface area contributed by atoms with Crippen LogP contribution in [0.15, 0.2) is 140 Å². The van der Waals surface area contributed by atoms with Gasteiger partial charge in [-0.1, -0.05) is 114 Å². The van der Waals surface area contributed by atoms with Gasteiger partial charge in [-0.2, -0.15) is 0 Å². The Morgan fingerprint density at radius 2 is 0.906 bits per heavy atom. The van der Waals surface area contributed by atoms with E-state index in [1.165, 1.54) is 93.0 Å². The van der Waals surface area contributed by atoms with Gasteiger partial charge in [0.15, 0.2) is 0 Å². The number of fused-ring (bicyclic) bond motifs is 13. The Balaban J connectivity index is 1.37. The minimum atomic E-state index is 0.0295. The molecule has 256 valence electrons. The van der Waals surface area contributed by atoms with Crippen LogP contribution in [-0.2, 0) is 10.8 Å². The Labute approximate surface area is 309 Å². The number of benzene rings is 7. The summed E-state index contributed by atoms with van der Waals surface area (Å²) >= 11 is 0. The second-order valence-electron chi connectivity index (χ2n) is 17.1. The third-order valence-corrected chi connectivity index (χ3v) is 11.8. The van der Waals surface area contributed by atoms with Crippen molar-refractivity contribution in [2.45, 2.75) is 52.4 Å². The molecule has 0 aliphatic heterocycles.